The Kier molecular flexibility index (Phi) is 7.56. The van der Waals surface area contributed by atoms with Gasteiger partial charge in [0, 0.05) is 12.1 Å². The number of carbonyl (C=O) groups is 2. The third-order valence-electron chi connectivity index (χ3n) is 4.11. The van der Waals surface area contributed by atoms with Crippen LogP contribution in [-0.2, 0) is 16.1 Å². The molecule has 2 aromatic rings. The summed E-state index contributed by atoms with van der Waals surface area (Å²) in [4.78, 5) is 23.8. The number of hydrogen-bond donors (Lipinski definition) is 2. The molecule has 0 aliphatic carbocycles. The summed E-state index contributed by atoms with van der Waals surface area (Å²) in [6, 6.07) is 13.1. The lowest BCUT2D eigenvalue weighted by Crippen LogP contribution is -2.37. The van der Waals surface area contributed by atoms with Gasteiger partial charge in [-0.3, -0.25) is 9.59 Å². The lowest BCUT2D eigenvalue weighted by molar-refractivity contribution is -0.139. The van der Waals surface area contributed by atoms with Crippen LogP contribution in [0.2, 0.25) is 0 Å². The molecule has 0 aliphatic heterocycles. The Morgan fingerprint density at radius 3 is 2.36 bits per heavy atom. The molecule has 2 amide bonds. The van der Waals surface area contributed by atoms with Crippen LogP contribution in [0.1, 0.15) is 36.5 Å². The predicted molar refractivity (Wildman–Crippen MR) is 108 cm³/mol. The van der Waals surface area contributed by atoms with E-state index in [1.165, 1.54) is 26.0 Å². The summed E-state index contributed by atoms with van der Waals surface area (Å²) in [5.74, 6) is -0.147. The first-order valence-electron chi connectivity index (χ1n) is 8.87. The number of nitrogens with one attached hydrogen (secondary N) is 2. The van der Waals surface area contributed by atoms with Crippen LogP contribution in [0.5, 0.6) is 11.5 Å². The van der Waals surface area contributed by atoms with Gasteiger partial charge in [-0.05, 0) is 29.2 Å². The zero-order valence-electron chi connectivity index (χ0n) is 16.5. The molecule has 0 heterocycles. The highest BCUT2D eigenvalue weighted by Crippen LogP contribution is 2.29. The molecule has 7 nitrogen and oxygen atoms in total. The van der Waals surface area contributed by atoms with Crippen molar-refractivity contribution in [3.63, 3.8) is 0 Å². The maximum absolute atomic E-state index is 11.9. The van der Waals surface area contributed by atoms with Gasteiger partial charge in [0.2, 0.25) is 0 Å². The Morgan fingerprint density at radius 1 is 1.04 bits per heavy atom. The Labute approximate surface area is 164 Å². The van der Waals surface area contributed by atoms with Crippen molar-refractivity contribution in [1.29, 1.82) is 0 Å². The number of methoxy groups -OCH3 is 2. The molecule has 0 unspecified atom stereocenters. The molecular weight excluding hydrogens is 358 g/mol. The zero-order valence-corrected chi connectivity index (χ0v) is 16.5. The van der Waals surface area contributed by atoms with E-state index in [4.69, 9.17) is 9.47 Å². The molecule has 2 N–H and O–H groups in total. The second-order valence-corrected chi connectivity index (χ2v) is 6.36. The first-order valence-corrected chi connectivity index (χ1v) is 8.87. The summed E-state index contributed by atoms with van der Waals surface area (Å²) < 4.78 is 10.5. The number of para-hydroxylation sites is 1. The molecule has 2 aromatic carbocycles. The quantitative estimate of drug-likeness (QED) is 0.437. The van der Waals surface area contributed by atoms with Crippen LogP contribution in [-0.4, -0.2) is 32.2 Å². The van der Waals surface area contributed by atoms with E-state index >= 15 is 0 Å². The van der Waals surface area contributed by atoms with Gasteiger partial charge < -0.3 is 14.8 Å². The number of hydrazone groups is 1. The monoisotopic (exact) mass is 383 g/mol. The molecule has 2 rings (SSSR count). The first-order chi connectivity index (χ1) is 13.5. The highest BCUT2D eigenvalue weighted by atomic mass is 16.5. The summed E-state index contributed by atoms with van der Waals surface area (Å²) in [6.07, 6.45) is 1.39. The second kappa shape index (κ2) is 10.1. The highest BCUT2D eigenvalue weighted by Gasteiger charge is 2.12. The van der Waals surface area contributed by atoms with E-state index in [1.807, 2.05) is 24.3 Å². The van der Waals surface area contributed by atoms with Gasteiger partial charge in [-0.25, -0.2) is 5.43 Å². The number of carbonyl (C=O) groups excluding carboxylic acids is 2. The molecule has 0 saturated carbocycles. The number of hydrogen-bond acceptors (Lipinski definition) is 5. The third-order valence-corrected chi connectivity index (χ3v) is 4.11. The number of amides is 2. The molecule has 0 bridgehead atoms. The van der Waals surface area contributed by atoms with Crippen LogP contribution in [0.25, 0.3) is 0 Å². The summed E-state index contributed by atoms with van der Waals surface area (Å²) in [5, 5.41) is 6.38. The molecule has 0 atom stereocenters. The maximum Gasteiger partial charge on any atom is 0.329 e. The molecule has 0 radical (unpaired) electrons. The van der Waals surface area contributed by atoms with Crippen molar-refractivity contribution in [1.82, 2.24) is 10.7 Å². The van der Waals surface area contributed by atoms with E-state index in [0.29, 0.717) is 23.0 Å². The van der Waals surface area contributed by atoms with Gasteiger partial charge in [-0.2, -0.15) is 5.10 Å². The van der Waals surface area contributed by atoms with Gasteiger partial charge >= 0.3 is 11.8 Å². The summed E-state index contributed by atoms with van der Waals surface area (Å²) in [6.45, 7) is 4.49. The molecule has 0 aromatic heterocycles. The van der Waals surface area contributed by atoms with Crippen molar-refractivity contribution in [2.24, 2.45) is 5.10 Å². The Balaban J connectivity index is 1.89. The van der Waals surface area contributed by atoms with Gasteiger partial charge in [0.15, 0.2) is 11.5 Å². The SMILES string of the molecule is COc1cccc(/C=N\NC(=O)C(=O)NCc2ccc(C(C)C)cc2)c1OC. The average molecular weight is 383 g/mol. The van der Waals surface area contributed by atoms with E-state index in [1.54, 1.807) is 18.2 Å². The van der Waals surface area contributed by atoms with Crippen LogP contribution < -0.4 is 20.2 Å². The average Bonchev–Trinajstić information content (AvgIpc) is 2.71. The van der Waals surface area contributed by atoms with E-state index in [9.17, 15) is 9.59 Å². The molecule has 0 saturated heterocycles. The fourth-order valence-corrected chi connectivity index (χ4v) is 2.51. The maximum atomic E-state index is 11.9. The van der Waals surface area contributed by atoms with Gasteiger partial charge in [0.1, 0.15) is 0 Å². The lowest BCUT2D eigenvalue weighted by atomic mass is 10.0. The number of ether oxygens (including phenoxy) is 2. The van der Waals surface area contributed by atoms with E-state index in [0.717, 1.165) is 5.56 Å². The van der Waals surface area contributed by atoms with Crippen LogP contribution in [0.3, 0.4) is 0 Å². The third kappa shape index (κ3) is 5.57. The molecule has 0 spiro atoms. The summed E-state index contributed by atoms with van der Waals surface area (Å²) in [7, 11) is 3.04. The van der Waals surface area contributed by atoms with E-state index in [-0.39, 0.29) is 6.54 Å². The lowest BCUT2D eigenvalue weighted by Gasteiger charge is -2.09. The summed E-state index contributed by atoms with van der Waals surface area (Å²) >= 11 is 0. The Hall–Kier alpha value is -3.35. The van der Waals surface area contributed by atoms with Crippen molar-refractivity contribution in [3.8, 4) is 11.5 Å². The van der Waals surface area contributed by atoms with Gasteiger partial charge in [0.05, 0.1) is 20.4 Å². The Morgan fingerprint density at radius 2 is 1.75 bits per heavy atom. The molecule has 28 heavy (non-hydrogen) atoms. The standard InChI is InChI=1S/C21H25N3O4/c1-14(2)16-10-8-15(9-11-16)12-22-20(25)21(26)24-23-13-17-6-5-7-18(27-3)19(17)28-4/h5-11,13-14H,12H2,1-4H3,(H,22,25)(H,24,26)/b23-13-. The van der Waals surface area contributed by atoms with Gasteiger partial charge in [-0.1, -0.05) is 44.2 Å². The van der Waals surface area contributed by atoms with Crippen molar-refractivity contribution in [3.05, 3.63) is 59.2 Å². The second-order valence-electron chi connectivity index (χ2n) is 6.36. The minimum Gasteiger partial charge on any atom is -0.493 e. The van der Waals surface area contributed by atoms with Gasteiger partial charge in [-0.15, -0.1) is 0 Å². The number of rotatable bonds is 7. The molecule has 0 fully saturated rings. The minimum absolute atomic E-state index is 0.262. The van der Waals surface area contributed by atoms with Crippen LogP contribution in [0.4, 0.5) is 0 Å². The normalized spacial score (nSPS) is 10.8. The van der Waals surface area contributed by atoms with Crippen molar-refractivity contribution < 1.29 is 19.1 Å². The fourth-order valence-electron chi connectivity index (χ4n) is 2.51. The summed E-state index contributed by atoms with van der Waals surface area (Å²) in [5.41, 5.74) is 4.94. The van der Waals surface area contributed by atoms with E-state index in [2.05, 4.69) is 29.7 Å². The first kappa shape index (κ1) is 21.0. The molecule has 0 aliphatic rings. The fraction of sp³-hybridized carbons (Fsp3) is 0.286. The molecule has 7 heteroatoms. The smallest absolute Gasteiger partial charge is 0.329 e. The topological polar surface area (TPSA) is 89.0 Å². The van der Waals surface area contributed by atoms with Gasteiger partial charge in [0.25, 0.3) is 0 Å². The predicted octanol–water partition coefficient (Wildman–Crippen LogP) is 2.59. The van der Waals surface area contributed by atoms with Crippen LogP contribution in [0, 0.1) is 0 Å². The largest absolute Gasteiger partial charge is 0.493 e. The zero-order chi connectivity index (χ0) is 20.5. The highest BCUT2D eigenvalue weighted by molar-refractivity contribution is 6.35. The number of benzene rings is 2. The van der Waals surface area contributed by atoms with E-state index < -0.39 is 11.8 Å². The van der Waals surface area contributed by atoms with Crippen LogP contribution in [0.15, 0.2) is 47.6 Å². The minimum atomic E-state index is -0.850. The molecule has 148 valence electrons. The Bertz CT molecular complexity index is 845. The molecular formula is C21H25N3O4. The van der Waals surface area contributed by atoms with Crippen molar-refractivity contribution in [2.45, 2.75) is 26.3 Å². The van der Waals surface area contributed by atoms with Crippen molar-refractivity contribution in [2.75, 3.05) is 14.2 Å². The number of nitrogens with zero attached hydrogens (tertiary/aromatic N) is 1. The van der Waals surface area contributed by atoms with Crippen LogP contribution >= 0.6 is 0 Å². The van der Waals surface area contributed by atoms with Crippen molar-refractivity contribution >= 4 is 18.0 Å².